The molecule has 2 aromatic carbocycles. The van der Waals surface area contributed by atoms with Crippen LogP contribution in [0.1, 0.15) is 16.5 Å². The van der Waals surface area contributed by atoms with Gasteiger partial charge in [-0.15, -0.1) is 11.3 Å². The van der Waals surface area contributed by atoms with Gasteiger partial charge < -0.3 is 4.74 Å². The van der Waals surface area contributed by atoms with Gasteiger partial charge in [-0.3, -0.25) is 10.4 Å². The van der Waals surface area contributed by atoms with Crippen molar-refractivity contribution in [3.8, 4) is 5.75 Å². The average molecular weight is 334 g/mol. The van der Waals surface area contributed by atoms with Crippen LogP contribution in [0.25, 0.3) is 5.70 Å². The van der Waals surface area contributed by atoms with Gasteiger partial charge in [0.25, 0.3) is 0 Å². The third-order valence-corrected chi connectivity index (χ3v) is 5.06. The molecule has 0 fully saturated rings. The van der Waals surface area contributed by atoms with Gasteiger partial charge in [-0.1, -0.05) is 24.3 Å². The number of hydrazine groups is 1. The maximum atomic E-state index is 5.25. The summed E-state index contributed by atoms with van der Waals surface area (Å²) < 4.78 is 5.25. The molecule has 1 unspecified atom stereocenters. The number of nitrogens with zero attached hydrogens (tertiary/aromatic N) is 1. The summed E-state index contributed by atoms with van der Waals surface area (Å²) in [5.74, 6) is 0.868. The quantitative estimate of drug-likeness (QED) is 0.737. The Labute approximate surface area is 145 Å². The summed E-state index contributed by atoms with van der Waals surface area (Å²) >= 11 is 1.78. The molecular formula is C20H18N2OS. The zero-order chi connectivity index (χ0) is 16.4. The third kappa shape index (κ3) is 2.76. The number of methoxy groups -OCH3 is 1. The number of rotatable bonds is 4. The van der Waals surface area contributed by atoms with E-state index in [1.165, 1.54) is 4.88 Å². The van der Waals surface area contributed by atoms with Crippen molar-refractivity contribution in [3.05, 3.63) is 88.6 Å². The Morgan fingerprint density at radius 2 is 1.75 bits per heavy atom. The zero-order valence-electron chi connectivity index (χ0n) is 13.3. The molecule has 0 bridgehead atoms. The first-order valence-corrected chi connectivity index (χ1v) is 8.74. The van der Waals surface area contributed by atoms with E-state index >= 15 is 0 Å². The van der Waals surface area contributed by atoms with E-state index < -0.39 is 0 Å². The van der Waals surface area contributed by atoms with E-state index in [4.69, 9.17) is 4.74 Å². The summed E-state index contributed by atoms with van der Waals surface area (Å²) in [7, 11) is 1.69. The smallest absolute Gasteiger partial charge is 0.118 e. The second-order valence-corrected chi connectivity index (χ2v) is 6.57. The average Bonchev–Trinajstić information content (AvgIpc) is 3.32. The topological polar surface area (TPSA) is 24.5 Å². The molecular weight excluding hydrogens is 316 g/mol. The van der Waals surface area contributed by atoms with Gasteiger partial charge in [0.05, 0.1) is 18.5 Å². The Balaban J connectivity index is 1.70. The fourth-order valence-corrected chi connectivity index (χ4v) is 3.67. The van der Waals surface area contributed by atoms with E-state index in [1.807, 2.05) is 18.2 Å². The van der Waals surface area contributed by atoms with Gasteiger partial charge in [0, 0.05) is 4.88 Å². The molecule has 0 amide bonds. The van der Waals surface area contributed by atoms with Gasteiger partial charge in [0.15, 0.2) is 0 Å². The molecule has 1 aromatic heterocycles. The number of benzene rings is 2. The van der Waals surface area contributed by atoms with Gasteiger partial charge in [-0.2, -0.15) is 0 Å². The van der Waals surface area contributed by atoms with Crippen LogP contribution in [-0.4, -0.2) is 7.11 Å². The largest absolute Gasteiger partial charge is 0.497 e. The maximum Gasteiger partial charge on any atom is 0.118 e. The van der Waals surface area contributed by atoms with Crippen molar-refractivity contribution in [1.82, 2.24) is 5.43 Å². The molecule has 3 nitrogen and oxygen atoms in total. The molecule has 1 aliphatic heterocycles. The number of ether oxygens (including phenoxy) is 1. The van der Waals surface area contributed by atoms with E-state index in [2.05, 4.69) is 70.4 Å². The fraction of sp³-hybridized carbons (Fsp3) is 0.100. The van der Waals surface area contributed by atoms with E-state index in [0.717, 1.165) is 22.7 Å². The Hall–Kier alpha value is -2.72. The van der Waals surface area contributed by atoms with Crippen LogP contribution in [0.5, 0.6) is 5.75 Å². The number of anilines is 1. The predicted molar refractivity (Wildman–Crippen MR) is 100 cm³/mol. The molecule has 0 radical (unpaired) electrons. The standard InChI is InChI=1S/C20H18N2OS/c1-23-17-11-9-15(10-12-17)18-14-19(20-8-5-13-24-20)22(21-18)16-6-3-2-4-7-16/h2-14,19,21H,1H3. The summed E-state index contributed by atoms with van der Waals surface area (Å²) in [6, 6.07) is 23.0. The number of hydrogen-bond acceptors (Lipinski definition) is 4. The summed E-state index contributed by atoms with van der Waals surface area (Å²) in [5, 5.41) is 4.34. The molecule has 1 aliphatic rings. The number of hydrogen-bond donors (Lipinski definition) is 1. The second kappa shape index (κ2) is 6.42. The molecule has 1 N–H and O–H groups in total. The molecule has 0 saturated heterocycles. The Morgan fingerprint density at radius 1 is 0.958 bits per heavy atom. The van der Waals surface area contributed by atoms with Gasteiger partial charge >= 0.3 is 0 Å². The first kappa shape index (κ1) is 14.8. The van der Waals surface area contributed by atoms with Crippen molar-refractivity contribution in [3.63, 3.8) is 0 Å². The van der Waals surface area contributed by atoms with Crippen LogP contribution in [-0.2, 0) is 0 Å². The zero-order valence-corrected chi connectivity index (χ0v) is 14.2. The summed E-state index contributed by atoms with van der Waals surface area (Å²) in [5.41, 5.74) is 6.97. The molecule has 120 valence electrons. The Morgan fingerprint density at radius 3 is 2.42 bits per heavy atom. The lowest BCUT2D eigenvalue weighted by atomic mass is 10.1. The lowest BCUT2D eigenvalue weighted by Gasteiger charge is -2.26. The van der Waals surface area contributed by atoms with E-state index in [9.17, 15) is 0 Å². The molecule has 1 atom stereocenters. The molecule has 4 heteroatoms. The molecule has 0 saturated carbocycles. The molecule has 0 aliphatic carbocycles. The van der Waals surface area contributed by atoms with E-state index in [1.54, 1.807) is 18.4 Å². The van der Waals surface area contributed by atoms with E-state index in [-0.39, 0.29) is 6.04 Å². The van der Waals surface area contributed by atoms with Crippen molar-refractivity contribution in [1.29, 1.82) is 0 Å². The highest BCUT2D eigenvalue weighted by atomic mass is 32.1. The number of para-hydroxylation sites is 1. The highest BCUT2D eigenvalue weighted by Gasteiger charge is 2.27. The van der Waals surface area contributed by atoms with Gasteiger partial charge in [-0.05, 0) is 59.5 Å². The second-order valence-electron chi connectivity index (χ2n) is 5.59. The lowest BCUT2D eigenvalue weighted by Crippen LogP contribution is -2.33. The van der Waals surface area contributed by atoms with Crippen molar-refractivity contribution in [2.75, 3.05) is 12.1 Å². The van der Waals surface area contributed by atoms with Gasteiger partial charge in [0.1, 0.15) is 11.8 Å². The van der Waals surface area contributed by atoms with Gasteiger partial charge in [0.2, 0.25) is 0 Å². The van der Waals surface area contributed by atoms with Crippen LogP contribution in [0.3, 0.4) is 0 Å². The first-order valence-electron chi connectivity index (χ1n) is 7.86. The fourth-order valence-electron chi connectivity index (χ4n) is 2.88. The van der Waals surface area contributed by atoms with Crippen LogP contribution in [0, 0.1) is 0 Å². The number of nitrogens with one attached hydrogen (secondary N) is 1. The predicted octanol–water partition coefficient (Wildman–Crippen LogP) is 4.86. The minimum atomic E-state index is 0.185. The summed E-state index contributed by atoms with van der Waals surface area (Å²) in [4.78, 5) is 1.31. The minimum absolute atomic E-state index is 0.185. The molecule has 4 rings (SSSR count). The van der Waals surface area contributed by atoms with Crippen molar-refractivity contribution in [2.45, 2.75) is 6.04 Å². The maximum absolute atomic E-state index is 5.25. The van der Waals surface area contributed by atoms with Crippen LogP contribution in [0.2, 0.25) is 0 Å². The first-order chi connectivity index (χ1) is 11.8. The van der Waals surface area contributed by atoms with E-state index in [0.29, 0.717) is 0 Å². The van der Waals surface area contributed by atoms with Crippen LogP contribution < -0.4 is 15.2 Å². The van der Waals surface area contributed by atoms with Crippen LogP contribution in [0.4, 0.5) is 5.69 Å². The van der Waals surface area contributed by atoms with Crippen LogP contribution in [0.15, 0.2) is 78.2 Å². The van der Waals surface area contributed by atoms with Crippen molar-refractivity contribution >= 4 is 22.7 Å². The SMILES string of the molecule is COc1ccc(C2=CC(c3cccs3)N(c3ccccc3)N2)cc1. The summed E-state index contributed by atoms with van der Waals surface area (Å²) in [6.07, 6.45) is 2.28. The Bertz CT molecular complexity index is 826. The molecule has 2 heterocycles. The summed E-state index contributed by atoms with van der Waals surface area (Å²) in [6.45, 7) is 0. The normalized spacial score (nSPS) is 16.6. The van der Waals surface area contributed by atoms with Crippen LogP contribution >= 0.6 is 11.3 Å². The monoisotopic (exact) mass is 334 g/mol. The molecule has 3 aromatic rings. The highest BCUT2D eigenvalue weighted by Crippen LogP contribution is 2.36. The van der Waals surface area contributed by atoms with Crippen molar-refractivity contribution < 1.29 is 4.74 Å². The van der Waals surface area contributed by atoms with Gasteiger partial charge in [-0.25, -0.2) is 0 Å². The third-order valence-electron chi connectivity index (χ3n) is 4.11. The highest BCUT2D eigenvalue weighted by molar-refractivity contribution is 7.10. The molecule has 24 heavy (non-hydrogen) atoms. The number of thiophene rings is 1. The van der Waals surface area contributed by atoms with Crippen molar-refractivity contribution in [2.24, 2.45) is 0 Å². The Kier molecular flexibility index (Phi) is 3.97. The minimum Gasteiger partial charge on any atom is -0.497 e. The molecule has 0 spiro atoms. The lowest BCUT2D eigenvalue weighted by molar-refractivity contribution is 0.415.